The molecule has 1 aliphatic heterocycles. The predicted octanol–water partition coefficient (Wildman–Crippen LogP) is 1.45. The largest absolute Gasteiger partial charge is 0.421 e. The summed E-state index contributed by atoms with van der Waals surface area (Å²) >= 11 is 0. The number of piperidine rings is 1. The van der Waals surface area contributed by atoms with Gasteiger partial charge in [-0.25, -0.2) is 0 Å². The summed E-state index contributed by atoms with van der Waals surface area (Å²) < 4.78 is 7.39. The Morgan fingerprint density at radius 2 is 2.00 bits per heavy atom. The third kappa shape index (κ3) is 3.21. The van der Waals surface area contributed by atoms with Crippen LogP contribution in [0.1, 0.15) is 26.2 Å². The van der Waals surface area contributed by atoms with Gasteiger partial charge in [-0.05, 0) is 26.2 Å². The number of hydrogen-bond donors (Lipinski definition) is 1. The molecule has 2 N–H and O–H groups in total. The minimum atomic E-state index is 0.170. The summed E-state index contributed by atoms with van der Waals surface area (Å²) in [5, 5.41) is 4.14. The Balaban J connectivity index is 1.79. The average Bonchev–Trinajstić information content (AvgIpc) is 2.95. The first kappa shape index (κ1) is 13.6. The monoisotopic (exact) mass is 289 g/mol. The first-order valence-corrected chi connectivity index (χ1v) is 7.21. The number of aryl methyl sites for hydroxylation is 1. The Labute approximate surface area is 123 Å². The fourth-order valence-corrected chi connectivity index (χ4v) is 2.32. The lowest BCUT2D eigenvalue weighted by Crippen LogP contribution is -2.31. The molecule has 3 heterocycles. The Morgan fingerprint density at radius 1 is 1.19 bits per heavy atom. The van der Waals surface area contributed by atoms with Gasteiger partial charge in [0.25, 0.3) is 0 Å². The van der Waals surface area contributed by atoms with E-state index in [2.05, 4.69) is 25.0 Å². The second-order valence-electron chi connectivity index (χ2n) is 4.96. The summed E-state index contributed by atoms with van der Waals surface area (Å²) in [5.74, 6) is 1.34. The molecule has 1 aliphatic rings. The van der Waals surface area contributed by atoms with Gasteiger partial charge in [-0.3, -0.25) is 4.68 Å². The Hall–Kier alpha value is -2.38. The Morgan fingerprint density at radius 3 is 2.71 bits per heavy atom. The summed E-state index contributed by atoms with van der Waals surface area (Å²) in [6.07, 6.45) is 6.96. The van der Waals surface area contributed by atoms with Crippen LogP contribution in [0.15, 0.2) is 12.4 Å². The molecule has 8 nitrogen and oxygen atoms in total. The van der Waals surface area contributed by atoms with E-state index in [4.69, 9.17) is 10.5 Å². The molecule has 0 amide bonds. The molecule has 3 rings (SSSR count). The lowest BCUT2D eigenvalue weighted by atomic mass is 10.1. The van der Waals surface area contributed by atoms with E-state index in [0.717, 1.165) is 32.5 Å². The van der Waals surface area contributed by atoms with Crippen molar-refractivity contribution in [1.29, 1.82) is 0 Å². The molecular weight excluding hydrogens is 270 g/mol. The maximum Gasteiger partial charge on any atom is 0.328 e. The van der Waals surface area contributed by atoms with Crippen molar-refractivity contribution in [2.45, 2.75) is 32.7 Å². The van der Waals surface area contributed by atoms with Crippen LogP contribution in [-0.4, -0.2) is 37.8 Å². The van der Waals surface area contributed by atoms with Crippen LogP contribution in [0, 0.1) is 0 Å². The lowest BCUT2D eigenvalue weighted by molar-refractivity contribution is 0.438. The van der Waals surface area contributed by atoms with E-state index in [1.54, 1.807) is 17.1 Å². The van der Waals surface area contributed by atoms with Gasteiger partial charge in [-0.2, -0.15) is 20.1 Å². The number of rotatable bonds is 4. The number of nitrogens with zero attached hydrogens (tertiary/aromatic N) is 6. The third-order valence-electron chi connectivity index (χ3n) is 3.40. The van der Waals surface area contributed by atoms with Gasteiger partial charge in [0.1, 0.15) is 0 Å². The average molecular weight is 289 g/mol. The van der Waals surface area contributed by atoms with Crippen LogP contribution in [0.3, 0.4) is 0 Å². The van der Waals surface area contributed by atoms with E-state index in [1.165, 1.54) is 6.42 Å². The summed E-state index contributed by atoms with van der Waals surface area (Å²) in [7, 11) is 0. The molecule has 0 unspecified atom stereocenters. The van der Waals surface area contributed by atoms with Crippen LogP contribution in [0.25, 0.3) is 0 Å². The van der Waals surface area contributed by atoms with Crippen molar-refractivity contribution in [1.82, 2.24) is 24.7 Å². The van der Waals surface area contributed by atoms with E-state index in [1.807, 2.05) is 6.92 Å². The second-order valence-corrected chi connectivity index (χ2v) is 4.96. The zero-order valence-electron chi connectivity index (χ0n) is 12.1. The zero-order chi connectivity index (χ0) is 14.7. The minimum Gasteiger partial charge on any atom is -0.421 e. The molecule has 1 saturated heterocycles. The van der Waals surface area contributed by atoms with Crippen LogP contribution in [0.5, 0.6) is 11.8 Å². The summed E-state index contributed by atoms with van der Waals surface area (Å²) in [6, 6.07) is 0.207. The van der Waals surface area contributed by atoms with Gasteiger partial charge in [-0.15, -0.1) is 0 Å². The summed E-state index contributed by atoms with van der Waals surface area (Å²) in [5.41, 5.74) is 5.76. The standard InChI is InChI=1S/C13H19N7O/c1-2-20-9-10(8-15-20)21-13-17-11(14)16-12(18-13)19-6-4-3-5-7-19/h8-9H,2-7H2,1H3,(H2,14,16,17,18). The van der Waals surface area contributed by atoms with Gasteiger partial charge in [-0.1, -0.05) is 0 Å². The van der Waals surface area contributed by atoms with Crippen LogP contribution < -0.4 is 15.4 Å². The Kier molecular flexibility index (Phi) is 3.85. The predicted molar refractivity (Wildman–Crippen MR) is 78.3 cm³/mol. The number of nitrogen functional groups attached to an aromatic ring is 1. The van der Waals surface area contributed by atoms with Crippen LogP contribution in [-0.2, 0) is 6.54 Å². The number of nitrogens with two attached hydrogens (primary N) is 1. The molecule has 0 bridgehead atoms. The van der Waals surface area contributed by atoms with Gasteiger partial charge in [0.05, 0.1) is 12.4 Å². The maximum atomic E-state index is 5.76. The molecule has 1 fully saturated rings. The highest BCUT2D eigenvalue weighted by atomic mass is 16.5. The SMILES string of the molecule is CCn1cc(Oc2nc(N)nc(N3CCCCC3)n2)cn1. The Bertz CT molecular complexity index is 606. The topological polar surface area (TPSA) is 95.0 Å². The molecular formula is C13H19N7O. The lowest BCUT2D eigenvalue weighted by Gasteiger charge is -2.26. The quantitative estimate of drug-likeness (QED) is 0.910. The van der Waals surface area contributed by atoms with Crippen LogP contribution in [0.4, 0.5) is 11.9 Å². The normalized spacial score (nSPS) is 15.2. The van der Waals surface area contributed by atoms with Crippen molar-refractivity contribution >= 4 is 11.9 Å². The van der Waals surface area contributed by atoms with Crippen molar-refractivity contribution in [2.75, 3.05) is 23.7 Å². The molecule has 0 atom stereocenters. The highest BCUT2D eigenvalue weighted by Crippen LogP contribution is 2.21. The fourth-order valence-electron chi connectivity index (χ4n) is 2.32. The van der Waals surface area contributed by atoms with Crippen molar-refractivity contribution in [3.05, 3.63) is 12.4 Å². The molecule has 0 saturated carbocycles. The van der Waals surface area contributed by atoms with Gasteiger partial charge in [0.2, 0.25) is 11.9 Å². The van der Waals surface area contributed by atoms with Crippen LogP contribution in [0.2, 0.25) is 0 Å². The molecule has 8 heteroatoms. The molecule has 2 aromatic rings. The van der Waals surface area contributed by atoms with Gasteiger partial charge < -0.3 is 15.4 Å². The second kappa shape index (κ2) is 5.94. The molecule has 2 aromatic heterocycles. The molecule has 0 aromatic carbocycles. The first-order chi connectivity index (χ1) is 10.2. The van der Waals surface area contributed by atoms with E-state index in [0.29, 0.717) is 11.7 Å². The van der Waals surface area contributed by atoms with E-state index < -0.39 is 0 Å². The fraction of sp³-hybridized carbons (Fsp3) is 0.538. The smallest absolute Gasteiger partial charge is 0.328 e. The maximum absolute atomic E-state index is 5.76. The minimum absolute atomic E-state index is 0.170. The van der Waals surface area contributed by atoms with E-state index in [-0.39, 0.29) is 12.0 Å². The summed E-state index contributed by atoms with van der Waals surface area (Å²) in [4.78, 5) is 14.7. The number of aromatic nitrogens is 5. The van der Waals surface area contributed by atoms with Gasteiger partial charge in [0, 0.05) is 19.6 Å². The molecule has 21 heavy (non-hydrogen) atoms. The van der Waals surface area contributed by atoms with Crippen molar-refractivity contribution in [2.24, 2.45) is 0 Å². The van der Waals surface area contributed by atoms with E-state index >= 15 is 0 Å². The van der Waals surface area contributed by atoms with Crippen LogP contribution >= 0.6 is 0 Å². The van der Waals surface area contributed by atoms with E-state index in [9.17, 15) is 0 Å². The highest BCUT2D eigenvalue weighted by molar-refractivity contribution is 5.37. The van der Waals surface area contributed by atoms with Gasteiger partial charge in [0.15, 0.2) is 5.75 Å². The number of hydrogen-bond acceptors (Lipinski definition) is 7. The van der Waals surface area contributed by atoms with Crippen molar-refractivity contribution in [3.63, 3.8) is 0 Å². The molecule has 112 valence electrons. The highest BCUT2D eigenvalue weighted by Gasteiger charge is 2.16. The first-order valence-electron chi connectivity index (χ1n) is 7.21. The van der Waals surface area contributed by atoms with Gasteiger partial charge >= 0.3 is 6.01 Å². The molecule has 0 radical (unpaired) electrons. The van der Waals surface area contributed by atoms with Crippen molar-refractivity contribution in [3.8, 4) is 11.8 Å². The molecule has 0 spiro atoms. The summed E-state index contributed by atoms with van der Waals surface area (Å²) in [6.45, 7) is 4.67. The third-order valence-corrected chi connectivity index (χ3v) is 3.40. The molecule has 0 aliphatic carbocycles. The number of anilines is 2. The zero-order valence-corrected chi connectivity index (χ0v) is 12.1. The number of ether oxygens (including phenoxy) is 1. The van der Waals surface area contributed by atoms with Crippen molar-refractivity contribution < 1.29 is 4.74 Å².